The molecule has 2 nitrogen and oxygen atoms in total. The maximum absolute atomic E-state index is 3.67. The fourth-order valence-electron chi connectivity index (χ4n) is 2.39. The molecule has 1 aliphatic carbocycles. The third-order valence-corrected chi connectivity index (χ3v) is 2.86. The zero-order chi connectivity index (χ0) is 10.6. The molecule has 0 aromatic carbocycles. The van der Waals surface area contributed by atoms with Crippen molar-refractivity contribution in [1.29, 1.82) is 0 Å². The summed E-state index contributed by atoms with van der Waals surface area (Å²) in [6.45, 7) is 8.95. The van der Waals surface area contributed by atoms with E-state index >= 15 is 0 Å². The summed E-state index contributed by atoms with van der Waals surface area (Å²) >= 11 is 0. The van der Waals surface area contributed by atoms with Crippen LogP contribution in [0.2, 0.25) is 0 Å². The van der Waals surface area contributed by atoms with Gasteiger partial charge in [0.2, 0.25) is 0 Å². The minimum absolute atomic E-state index is 0.606. The van der Waals surface area contributed by atoms with Gasteiger partial charge in [0.25, 0.3) is 0 Å². The van der Waals surface area contributed by atoms with E-state index in [4.69, 9.17) is 0 Å². The number of hydrogen-bond donors (Lipinski definition) is 2. The lowest BCUT2D eigenvalue weighted by atomic mass is 9.89. The van der Waals surface area contributed by atoms with Gasteiger partial charge in [-0.15, -0.1) is 0 Å². The molecule has 84 valence electrons. The standard InChI is InChI=1S/C12H26N2/c1-9(2)13-11-7-5-6-8-12(11)14-10(3)4/h9-14H,5-8H2,1-4H3/t11-,12-/m1/s1. The molecule has 0 bridgehead atoms. The Balaban J connectivity index is 2.41. The van der Waals surface area contributed by atoms with Crippen molar-refractivity contribution < 1.29 is 0 Å². The Kier molecular flexibility index (Phi) is 4.90. The lowest BCUT2D eigenvalue weighted by Gasteiger charge is -2.35. The first kappa shape index (κ1) is 12.0. The zero-order valence-corrected chi connectivity index (χ0v) is 10.1. The lowest BCUT2D eigenvalue weighted by molar-refractivity contribution is 0.259. The van der Waals surface area contributed by atoms with E-state index in [2.05, 4.69) is 38.3 Å². The molecule has 1 rings (SSSR count). The van der Waals surface area contributed by atoms with Crippen LogP contribution < -0.4 is 10.6 Å². The Labute approximate surface area is 88.8 Å². The average molecular weight is 198 g/mol. The predicted molar refractivity (Wildman–Crippen MR) is 62.6 cm³/mol. The van der Waals surface area contributed by atoms with Crippen molar-refractivity contribution in [2.75, 3.05) is 0 Å². The van der Waals surface area contributed by atoms with Gasteiger partial charge in [0.15, 0.2) is 0 Å². The third-order valence-electron chi connectivity index (χ3n) is 2.86. The molecular formula is C12H26N2. The van der Waals surface area contributed by atoms with Gasteiger partial charge in [-0.25, -0.2) is 0 Å². The van der Waals surface area contributed by atoms with Gasteiger partial charge in [-0.1, -0.05) is 40.5 Å². The van der Waals surface area contributed by atoms with E-state index in [9.17, 15) is 0 Å². The molecule has 0 radical (unpaired) electrons. The van der Waals surface area contributed by atoms with Crippen molar-refractivity contribution in [3.63, 3.8) is 0 Å². The van der Waals surface area contributed by atoms with E-state index in [-0.39, 0.29) is 0 Å². The van der Waals surface area contributed by atoms with Crippen LogP contribution in [0.3, 0.4) is 0 Å². The van der Waals surface area contributed by atoms with Crippen molar-refractivity contribution in [2.45, 2.75) is 77.5 Å². The molecule has 14 heavy (non-hydrogen) atoms. The van der Waals surface area contributed by atoms with E-state index in [0.717, 1.165) is 0 Å². The molecule has 0 aliphatic heterocycles. The second kappa shape index (κ2) is 5.72. The summed E-state index contributed by atoms with van der Waals surface area (Å²) in [6.07, 6.45) is 5.45. The fourth-order valence-corrected chi connectivity index (χ4v) is 2.39. The zero-order valence-electron chi connectivity index (χ0n) is 10.1. The Bertz CT molecular complexity index is 136. The lowest BCUT2D eigenvalue weighted by Crippen LogP contribution is -2.53. The van der Waals surface area contributed by atoms with Gasteiger partial charge in [-0.3, -0.25) is 0 Å². The Morgan fingerprint density at radius 1 is 0.786 bits per heavy atom. The Morgan fingerprint density at radius 2 is 1.14 bits per heavy atom. The molecule has 2 N–H and O–H groups in total. The largest absolute Gasteiger partial charge is 0.310 e. The van der Waals surface area contributed by atoms with Gasteiger partial charge in [0.05, 0.1) is 0 Å². The molecule has 0 unspecified atom stereocenters. The van der Waals surface area contributed by atoms with Gasteiger partial charge in [-0.05, 0) is 12.8 Å². The smallest absolute Gasteiger partial charge is 0.0223 e. The molecule has 1 fully saturated rings. The molecule has 0 spiro atoms. The summed E-state index contributed by atoms with van der Waals surface area (Å²) in [5, 5.41) is 7.35. The van der Waals surface area contributed by atoms with Crippen molar-refractivity contribution in [1.82, 2.24) is 10.6 Å². The summed E-state index contributed by atoms with van der Waals surface area (Å²) in [4.78, 5) is 0. The van der Waals surface area contributed by atoms with Gasteiger partial charge in [0.1, 0.15) is 0 Å². The minimum atomic E-state index is 0.606. The van der Waals surface area contributed by atoms with E-state index in [1.807, 2.05) is 0 Å². The third kappa shape index (κ3) is 3.97. The van der Waals surface area contributed by atoms with Gasteiger partial charge >= 0.3 is 0 Å². The fraction of sp³-hybridized carbons (Fsp3) is 1.00. The summed E-state index contributed by atoms with van der Waals surface area (Å²) in [5.74, 6) is 0. The van der Waals surface area contributed by atoms with Crippen molar-refractivity contribution in [3.8, 4) is 0 Å². The highest BCUT2D eigenvalue weighted by Gasteiger charge is 2.25. The first-order chi connectivity index (χ1) is 6.59. The highest BCUT2D eigenvalue weighted by molar-refractivity contribution is 4.87. The van der Waals surface area contributed by atoms with E-state index in [1.165, 1.54) is 25.7 Å². The molecule has 0 heterocycles. The molecule has 1 aliphatic rings. The highest BCUT2D eigenvalue weighted by atomic mass is 15.0. The first-order valence-corrected chi connectivity index (χ1v) is 6.11. The molecule has 2 heteroatoms. The topological polar surface area (TPSA) is 24.1 Å². The average Bonchev–Trinajstić information content (AvgIpc) is 2.06. The summed E-state index contributed by atoms with van der Waals surface area (Å²) in [6, 6.07) is 2.58. The molecule has 0 saturated heterocycles. The van der Waals surface area contributed by atoms with Gasteiger partial charge in [0, 0.05) is 24.2 Å². The monoisotopic (exact) mass is 198 g/mol. The van der Waals surface area contributed by atoms with Crippen LogP contribution in [-0.4, -0.2) is 24.2 Å². The van der Waals surface area contributed by atoms with Crippen LogP contribution >= 0.6 is 0 Å². The van der Waals surface area contributed by atoms with E-state index < -0.39 is 0 Å². The molecule has 0 aromatic heterocycles. The van der Waals surface area contributed by atoms with Crippen LogP contribution in [-0.2, 0) is 0 Å². The summed E-state index contributed by atoms with van der Waals surface area (Å²) < 4.78 is 0. The van der Waals surface area contributed by atoms with Crippen LogP contribution in [0.5, 0.6) is 0 Å². The van der Waals surface area contributed by atoms with Crippen LogP contribution in [0.1, 0.15) is 53.4 Å². The normalized spacial score (nSPS) is 28.7. The maximum atomic E-state index is 3.67. The van der Waals surface area contributed by atoms with Crippen molar-refractivity contribution >= 4 is 0 Å². The van der Waals surface area contributed by atoms with Gasteiger partial charge in [-0.2, -0.15) is 0 Å². The number of hydrogen-bond acceptors (Lipinski definition) is 2. The summed E-state index contributed by atoms with van der Waals surface area (Å²) in [5.41, 5.74) is 0. The van der Waals surface area contributed by atoms with Gasteiger partial charge < -0.3 is 10.6 Å². The van der Waals surface area contributed by atoms with E-state index in [0.29, 0.717) is 24.2 Å². The van der Waals surface area contributed by atoms with Crippen LogP contribution in [0.4, 0.5) is 0 Å². The van der Waals surface area contributed by atoms with Crippen molar-refractivity contribution in [3.05, 3.63) is 0 Å². The van der Waals surface area contributed by atoms with Crippen molar-refractivity contribution in [2.24, 2.45) is 0 Å². The maximum Gasteiger partial charge on any atom is 0.0223 e. The van der Waals surface area contributed by atoms with Crippen LogP contribution in [0.25, 0.3) is 0 Å². The number of rotatable bonds is 4. The first-order valence-electron chi connectivity index (χ1n) is 6.11. The van der Waals surface area contributed by atoms with Crippen LogP contribution in [0.15, 0.2) is 0 Å². The molecule has 0 aromatic rings. The second-order valence-corrected chi connectivity index (χ2v) is 5.14. The SMILES string of the molecule is CC(C)N[C@@H]1CCCC[C@H]1NC(C)C. The Hall–Kier alpha value is -0.0800. The molecule has 2 atom stereocenters. The van der Waals surface area contributed by atoms with E-state index in [1.54, 1.807) is 0 Å². The molecule has 0 amide bonds. The predicted octanol–water partition coefficient (Wildman–Crippen LogP) is 2.29. The molecule has 1 saturated carbocycles. The quantitative estimate of drug-likeness (QED) is 0.724. The number of nitrogens with one attached hydrogen (secondary N) is 2. The minimum Gasteiger partial charge on any atom is -0.310 e. The van der Waals surface area contributed by atoms with Crippen LogP contribution in [0, 0.1) is 0 Å². The second-order valence-electron chi connectivity index (χ2n) is 5.14. The Morgan fingerprint density at radius 3 is 1.43 bits per heavy atom. The molecular weight excluding hydrogens is 172 g/mol. The highest BCUT2D eigenvalue weighted by Crippen LogP contribution is 2.19. The summed E-state index contributed by atoms with van der Waals surface area (Å²) in [7, 11) is 0.